The quantitative estimate of drug-likeness (QED) is 0.783. The average Bonchev–Trinajstić information content (AvgIpc) is 3.35. The minimum absolute atomic E-state index is 0.0598. The zero-order chi connectivity index (χ0) is 18.1. The molecule has 1 saturated heterocycles. The van der Waals surface area contributed by atoms with Crippen LogP contribution in [0, 0.1) is 11.3 Å². The Balaban J connectivity index is 1.78. The molecule has 0 amide bonds. The summed E-state index contributed by atoms with van der Waals surface area (Å²) in [5.41, 5.74) is -1.14. The second-order valence-electron chi connectivity index (χ2n) is 7.12. The van der Waals surface area contributed by atoms with E-state index in [-0.39, 0.29) is 30.4 Å². The normalized spacial score (nSPS) is 25.5. The molecule has 1 saturated carbocycles. The third-order valence-corrected chi connectivity index (χ3v) is 4.61. The van der Waals surface area contributed by atoms with E-state index < -0.39 is 17.4 Å². The van der Waals surface area contributed by atoms with Crippen LogP contribution >= 0.6 is 0 Å². The van der Waals surface area contributed by atoms with Crippen molar-refractivity contribution in [2.24, 2.45) is 0 Å². The molecule has 0 bridgehead atoms. The van der Waals surface area contributed by atoms with Crippen molar-refractivity contribution < 1.29 is 9.84 Å². The molecule has 0 spiro atoms. The van der Waals surface area contributed by atoms with Gasteiger partial charge in [0, 0.05) is 31.9 Å². The first-order chi connectivity index (χ1) is 11.9. The van der Waals surface area contributed by atoms with E-state index in [1.807, 2.05) is 19.9 Å². The first kappa shape index (κ1) is 17.9. The largest absolute Gasteiger partial charge is 0.390 e. The lowest BCUT2D eigenvalue weighted by Crippen LogP contribution is -2.50. The summed E-state index contributed by atoms with van der Waals surface area (Å²) in [6, 6.07) is 1.91. The van der Waals surface area contributed by atoms with Gasteiger partial charge in [-0.05, 0) is 26.7 Å². The van der Waals surface area contributed by atoms with Crippen LogP contribution in [-0.4, -0.2) is 57.1 Å². The summed E-state index contributed by atoms with van der Waals surface area (Å²) in [4.78, 5) is 26.9. The molecule has 1 aliphatic carbocycles. The summed E-state index contributed by atoms with van der Waals surface area (Å²) in [6.45, 7) is 5.58. The van der Waals surface area contributed by atoms with Crippen molar-refractivity contribution >= 4 is 0 Å². The first-order valence-corrected chi connectivity index (χ1v) is 8.71. The highest BCUT2D eigenvalue weighted by atomic mass is 16.5. The van der Waals surface area contributed by atoms with Gasteiger partial charge in [0.25, 0.3) is 5.56 Å². The Morgan fingerprint density at radius 2 is 1.92 bits per heavy atom. The maximum Gasteiger partial charge on any atom is 0.331 e. The maximum absolute atomic E-state index is 12.5. The standard InChI is InChI=1S/C17H24N4O4/c1-11-6-19(7-12(2)25-11)9-15(22)10-21-16(23)13(5-18)8-20(17(21)24)14-3-4-14/h8,11-12,14-15,22H,3-4,6-7,9-10H2,1-2H3. The number of β-amino-alcohol motifs (C(OH)–C–C–N with tert-alkyl or cyclic N) is 1. The Labute approximate surface area is 145 Å². The molecule has 8 heteroatoms. The van der Waals surface area contributed by atoms with Gasteiger partial charge in [-0.3, -0.25) is 18.8 Å². The molecule has 8 nitrogen and oxygen atoms in total. The van der Waals surface area contributed by atoms with Gasteiger partial charge in [0.05, 0.1) is 24.9 Å². The Bertz CT molecular complexity index is 779. The Kier molecular flexibility index (Phi) is 5.08. The third-order valence-electron chi connectivity index (χ3n) is 4.61. The number of aliphatic hydroxyl groups is 1. The molecule has 2 aliphatic rings. The van der Waals surface area contributed by atoms with Crippen LogP contribution < -0.4 is 11.2 Å². The number of hydrogen-bond donors (Lipinski definition) is 1. The SMILES string of the molecule is CC1CN(CC(O)Cn2c(=O)c(C#N)cn(C3CC3)c2=O)CC(C)O1. The van der Waals surface area contributed by atoms with Crippen LogP contribution in [0.4, 0.5) is 0 Å². The van der Waals surface area contributed by atoms with Crippen molar-refractivity contribution in [2.45, 2.75) is 57.6 Å². The van der Waals surface area contributed by atoms with Gasteiger partial charge in [-0.25, -0.2) is 4.79 Å². The highest BCUT2D eigenvalue weighted by molar-refractivity contribution is 5.23. The second-order valence-corrected chi connectivity index (χ2v) is 7.12. The summed E-state index contributed by atoms with van der Waals surface area (Å²) < 4.78 is 8.11. The molecule has 25 heavy (non-hydrogen) atoms. The van der Waals surface area contributed by atoms with Crippen molar-refractivity contribution in [3.05, 3.63) is 32.6 Å². The number of hydrogen-bond acceptors (Lipinski definition) is 6. The fourth-order valence-corrected chi connectivity index (χ4v) is 3.47. The van der Waals surface area contributed by atoms with E-state index in [4.69, 9.17) is 10.00 Å². The first-order valence-electron chi connectivity index (χ1n) is 8.71. The number of nitrogens with zero attached hydrogens (tertiary/aromatic N) is 4. The predicted octanol–water partition coefficient (Wildman–Crippen LogP) is -0.313. The zero-order valence-corrected chi connectivity index (χ0v) is 14.6. The van der Waals surface area contributed by atoms with Crippen LogP contribution in [0.15, 0.2) is 15.8 Å². The van der Waals surface area contributed by atoms with Crippen LogP contribution in [0.1, 0.15) is 38.3 Å². The van der Waals surface area contributed by atoms with Gasteiger partial charge in [0.15, 0.2) is 0 Å². The monoisotopic (exact) mass is 348 g/mol. The van der Waals surface area contributed by atoms with E-state index >= 15 is 0 Å². The smallest absolute Gasteiger partial charge is 0.331 e. The fraction of sp³-hybridized carbons (Fsp3) is 0.706. The molecule has 2 fully saturated rings. The van der Waals surface area contributed by atoms with Gasteiger partial charge in [-0.2, -0.15) is 5.26 Å². The summed E-state index contributed by atoms with van der Waals surface area (Å²) in [7, 11) is 0. The Morgan fingerprint density at radius 1 is 1.28 bits per heavy atom. The molecule has 136 valence electrons. The van der Waals surface area contributed by atoms with E-state index in [0.717, 1.165) is 17.4 Å². The molecule has 2 heterocycles. The predicted molar refractivity (Wildman–Crippen MR) is 90.4 cm³/mol. The van der Waals surface area contributed by atoms with E-state index in [0.29, 0.717) is 19.6 Å². The summed E-state index contributed by atoms with van der Waals surface area (Å²) >= 11 is 0. The van der Waals surface area contributed by atoms with Crippen molar-refractivity contribution in [3.63, 3.8) is 0 Å². The van der Waals surface area contributed by atoms with Crippen LogP contribution in [-0.2, 0) is 11.3 Å². The number of nitriles is 1. The third kappa shape index (κ3) is 4.00. The van der Waals surface area contributed by atoms with Gasteiger partial charge in [0.2, 0.25) is 0 Å². The van der Waals surface area contributed by atoms with Gasteiger partial charge in [-0.15, -0.1) is 0 Å². The molecular formula is C17H24N4O4. The molecule has 3 rings (SSSR count). The molecule has 3 atom stereocenters. The minimum atomic E-state index is -0.871. The molecule has 0 radical (unpaired) electrons. The molecule has 1 aromatic rings. The molecule has 1 aliphatic heterocycles. The summed E-state index contributed by atoms with van der Waals surface area (Å²) in [5, 5.41) is 19.6. The van der Waals surface area contributed by atoms with Gasteiger partial charge in [-0.1, -0.05) is 0 Å². The second kappa shape index (κ2) is 7.12. The van der Waals surface area contributed by atoms with Crippen molar-refractivity contribution in [1.82, 2.24) is 14.0 Å². The highest BCUT2D eigenvalue weighted by Crippen LogP contribution is 2.33. The fourth-order valence-electron chi connectivity index (χ4n) is 3.47. The molecule has 0 aromatic carbocycles. The van der Waals surface area contributed by atoms with E-state index in [9.17, 15) is 14.7 Å². The summed E-state index contributed by atoms with van der Waals surface area (Å²) in [6.07, 6.45) is 2.37. The zero-order valence-electron chi connectivity index (χ0n) is 14.6. The Morgan fingerprint density at radius 3 is 2.48 bits per heavy atom. The maximum atomic E-state index is 12.5. The minimum Gasteiger partial charge on any atom is -0.390 e. The lowest BCUT2D eigenvalue weighted by molar-refractivity contribution is -0.0773. The topological polar surface area (TPSA) is 100 Å². The summed E-state index contributed by atoms with van der Waals surface area (Å²) in [5.74, 6) is 0. The number of rotatable bonds is 5. The number of morpholine rings is 1. The van der Waals surface area contributed by atoms with Crippen LogP contribution in [0.25, 0.3) is 0 Å². The molecule has 3 unspecified atom stereocenters. The molecule has 1 N–H and O–H groups in total. The van der Waals surface area contributed by atoms with Gasteiger partial charge < -0.3 is 9.84 Å². The van der Waals surface area contributed by atoms with Gasteiger partial charge in [0.1, 0.15) is 11.6 Å². The lowest BCUT2D eigenvalue weighted by atomic mass is 10.2. The average molecular weight is 348 g/mol. The lowest BCUT2D eigenvalue weighted by Gasteiger charge is -2.36. The van der Waals surface area contributed by atoms with E-state index in [1.54, 1.807) is 0 Å². The number of ether oxygens (including phenoxy) is 1. The van der Waals surface area contributed by atoms with Crippen LogP contribution in [0.5, 0.6) is 0 Å². The van der Waals surface area contributed by atoms with Gasteiger partial charge >= 0.3 is 5.69 Å². The number of aromatic nitrogens is 2. The molecular weight excluding hydrogens is 324 g/mol. The van der Waals surface area contributed by atoms with E-state index in [2.05, 4.69) is 4.90 Å². The highest BCUT2D eigenvalue weighted by Gasteiger charge is 2.28. The van der Waals surface area contributed by atoms with Crippen molar-refractivity contribution in [2.75, 3.05) is 19.6 Å². The van der Waals surface area contributed by atoms with E-state index in [1.165, 1.54) is 10.8 Å². The van der Waals surface area contributed by atoms with Crippen molar-refractivity contribution in [1.29, 1.82) is 5.26 Å². The van der Waals surface area contributed by atoms with Crippen molar-refractivity contribution in [3.8, 4) is 6.07 Å². The number of aliphatic hydroxyl groups excluding tert-OH is 1. The molecule has 1 aromatic heterocycles. The van der Waals surface area contributed by atoms with Crippen LogP contribution in [0.3, 0.4) is 0 Å². The Hall–Kier alpha value is -1.95. The van der Waals surface area contributed by atoms with Crippen LogP contribution in [0.2, 0.25) is 0 Å².